The number of hydrogen-bond donors (Lipinski definition) is 0. The third-order valence-electron chi connectivity index (χ3n) is 6.69. The van der Waals surface area contributed by atoms with Gasteiger partial charge < -0.3 is 18.6 Å². The van der Waals surface area contributed by atoms with Gasteiger partial charge in [-0.2, -0.15) is 0 Å². The minimum Gasteiger partial charge on any atom is -0.414 e. The van der Waals surface area contributed by atoms with E-state index in [1.807, 2.05) is 60.7 Å². The highest BCUT2D eigenvalue weighted by atomic mass is 28.4. The van der Waals surface area contributed by atoms with Crippen molar-refractivity contribution in [1.82, 2.24) is 0 Å². The Morgan fingerprint density at radius 2 is 1.53 bits per heavy atom. The van der Waals surface area contributed by atoms with Crippen LogP contribution in [-0.2, 0) is 31.9 Å². The Morgan fingerprint density at radius 1 is 0.971 bits per heavy atom. The lowest BCUT2D eigenvalue weighted by atomic mass is 10.0. The molecule has 0 spiro atoms. The number of nitrogens with zero attached hydrogens (tertiary/aromatic N) is 3. The van der Waals surface area contributed by atoms with Gasteiger partial charge >= 0.3 is 0 Å². The zero-order valence-corrected chi connectivity index (χ0v) is 21.9. The van der Waals surface area contributed by atoms with Crippen molar-refractivity contribution in [2.45, 2.75) is 83.1 Å². The molecule has 184 valence electrons. The van der Waals surface area contributed by atoms with E-state index in [1.165, 1.54) is 0 Å². The Labute approximate surface area is 204 Å². The van der Waals surface area contributed by atoms with Crippen molar-refractivity contribution in [1.29, 1.82) is 0 Å². The first-order valence-corrected chi connectivity index (χ1v) is 14.7. The van der Waals surface area contributed by atoms with Gasteiger partial charge in [0, 0.05) is 11.3 Å². The van der Waals surface area contributed by atoms with Crippen LogP contribution < -0.4 is 0 Å². The van der Waals surface area contributed by atoms with Crippen LogP contribution in [-0.4, -0.2) is 39.5 Å². The van der Waals surface area contributed by atoms with E-state index in [4.69, 9.17) is 24.2 Å². The fourth-order valence-electron chi connectivity index (χ4n) is 3.60. The Morgan fingerprint density at radius 3 is 2.06 bits per heavy atom. The number of ether oxygens (including phenoxy) is 3. The fourth-order valence-corrected chi connectivity index (χ4v) is 4.62. The molecule has 3 rings (SSSR count). The summed E-state index contributed by atoms with van der Waals surface area (Å²) in [6, 6.07) is 20.1. The second kappa shape index (κ2) is 12.0. The largest absolute Gasteiger partial charge is 0.414 e. The van der Waals surface area contributed by atoms with Gasteiger partial charge in [-0.3, -0.25) is 0 Å². The monoisotopic (exact) mass is 483 g/mol. The van der Waals surface area contributed by atoms with E-state index in [0.717, 1.165) is 11.1 Å². The Balaban J connectivity index is 1.80. The third-order valence-corrected chi connectivity index (χ3v) is 11.2. The second-order valence-electron chi connectivity index (χ2n) is 10.2. The summed E-state index contributed by atoms with van der Waals surface area (Å²) in [5.74, 6) is 0. The molecule has 7 nitrogen and oxygen atoms in total. The summed E-state index contributed by atoms with van der Waals surface area (Å²) in [6.07, 6.45) is -1.29. The van der Waals surface area contributed by atoms with Gasteiger partial charge in [-0.05, 0) is 34.8 Å². The van der Waals surface area contributed by atoms with Crippen LogP contribution in [0.25, 0.3) is 10.4 Å². The minimum atomic E-state index is -2.02. The first-order valence-electron chi connectivity index (χ1n) is 11.8. The van der Waals surface area contributed by atoms with E-state index in [1.54, 1.807) is 0 Å². The Hall–Kier alpha value is -2.19. The van der Waals surface area contributed by atoms with Crippen LogP contribution in [0, 0.1) is 0 Å². The molecule has 0 N–H and O–H groups in total. The van der Waals surface area contributed by atoms with Gasteiger partial charge in [0.05, 0.1) is 25.9 Å². The SMILES string of the molecule is CC(C)(C)[Si](C)(C)OC[C@H]1O[C@H](N=[N+]=[N-])C[C@@H](OCc2ccccc2)[C@H]1OCc1ccccc1. The average Bonchev–Trinajstić information content (AvgIpc) is 2.81. The summed E-state index contributed by atoms with van der Waals surface area (Å²) in [5.41, 5.74) is 11.2. The Bertz CT molecular complexity index is 930. The highest BCUT2D eigenvalue weighted by molar-refractivity contribution is 6.74. The van der Waals surface area contributed by atoms with Gasteiger partial charge in [0.15, 0.2) is 8.32 Å². The van der Waals surface area contributed by atoms with Crippen LogP contribution in [0.2, 0.25) is 18.1 Å². The van der Waals surface area contributed by atoms with Crippen LogP contribution >= 0.6 is 0 Å². The number of azide groups is 1. The smallest absolute Gasteiger partial charge is 0.192 e. The molecule has 1 saturated heterocycles. The molecule has 34 heavy (non-hydrogen) atoms. The normalized spacial score (nSPS) is 23.3. The van der Waals surface area contributed by atoms with Crippen molar-refractivity contribution in [2.75, 3.05) is 6.61 Å². The number of hydrogen-bond acceptors (Lipinski definition) is 5. The van der Waals surface area contributed by atoms with Crippen molar-refractivity contribution >= 4 is 8.32 Å². The second-order valence-corrected chi connectivity index (χ2v) is 15.0. The summed E-state index contributed by atoms with van der Waals surface area (Å²) in [5, 5.41) is 3.93. The van der Waals surface area contributed by atoms with Crippen molar-refractivity contribution in [2.24, 2.45) is 5.11 Å². The first-order chi connectivity index (χ1) is 16.2. The van der Waals surface area contributed by atoms with Crippen molar-refractivity contribution in [3.63, 3.8) is 0 Å². The molecule has 1 heterocycles. The van der Waals surface area contributed by atoms with Gasteiger partial charge in [0.2, 0.25) is 0 Å². The maximum Gasteiger partial charge on any atom is 0.192 e. The minimum absolute atomic E-state index is 0.0650. The summed E-state index contributed by atoms with van der Waals surface area (Å²) in [6.45, 7) is 12.3. The summed E-state index contributed by atoms with van der Waals surface area (Å²) >= 11 is 0. The highest BCUT2D eigenvalue weighted by Gasteiger charge is 2.43. The van der Waals surface area contributed by atoms with Crippen LogP contribution in [0.15, 0.2) is 65.8 Å². The molecule has 0 bridgehead atoms. The van der Waals surface area contributed by atoms with E-state index >= 15 is 0 Å². The molecule has 0 saturated carbocycles. The molecule has 4 atom stereocenters. The predicted molar refractivity (Wildman–Crippen MR) is 136 cm³/mol. The van der Waals surface area contributed by atoms with Crippen molar-refractivity contribution in [3.8, 4) is 0 Å². The third kappa shape index (κ3) is 7.40. The summed E-state index contributed by atoms with van der Waals surface area (Å²) in [7, 11) is -2.02. The lowest BCUT2D eigenvalue weighted by Crippen LogP contribution is -2.54. The molecular weight excluding hydrogens is 446 g/mol. The molecule has 0 unspecified atom stereocenters. The molecule has 2 aromatic rings. The summed E-state index contributed by atoms with van der Waals surface area (Å²) in [4.78, 5) is 2.98. The fraction of sp³-hybridized carbons (Fsp3) is 0.538. The summed E-state index contributed by atoms with van der Waals surface area (Å²) < 4.78 is 25.4. The van der Waals surface area contributed by atoms with Crippen molar-refractivity contribution < 1.29 is 18.6 Å². The zero-order chi connectivity index (χ0) is 24.6. The highest BCUT2D eigenvalue weighted by Crippen LogP contribution is 2.37. The van der Waals surface area contributed by atoms with E-state index in [2.05, 4.69) is 43.9 Å². The molecule has 0 aliphatic carbocycles. The van der Waals surface area contributed by atoms with Crippen LogP contribution in [0.3, 0.4) is 0 Å². The number of rotatable bonds is 10. The quantitative estimate of drug-likeness (QED) is 0.165. The van der Waals surface area contributed by atoms with Gasteiger partial charge in [0.1, 0.15) is 18.4 Å². The molecular formula is C26H37N3O4Si. The van der Waals surface area contributed by atoms with E-state index in [9.17, 15) is 0 Å². The molecule has 8 heteroatoms. The topological polar surface area (TPSA) is 85.7 Å². The van der Waals surface area contributed by atoms with Gasteiger partial charge in [-0.1, -0.05) is 86.5 Å². The molecule has 1 aliphatic rings. The maximum absolute atomic E-state index is 9.06. The van der Waals surface area contributed by atoms with E-state index < -0.39 is 20.6 Å². The Kier molecular flexibility index (Phi) is 9.30. The number of benzene rings is 2. The average molecular weight is 484 g/mol. The molecule has 0 aromatic heterocycles. The van der Waals surface area contributed by atoms with Crippen LogP contribution in [0.5, 0.6) is 0 Å². The standard InChI is InChI=1S/C26H37N3O4Si/c1-26(2,3)34(4,5)32-19-23-25(31-18-21-14-10-7-11-15-21)22(16-24(33-23)28-29-27)30-17-20-12-8-6-9-13-20/h6-15,22-25H,16-19H2,1-5H3/t22-,23-,24+,25-/m1/s1. The lowest BCUT2D eigenvalue weighted by Gasteiger charge is -2.43. The predicted octanol–water partition coefficient (Wildman–Crippen LogP) is 6.60. The van der Waals surface area contributed by atoms with Crippen LogP contribution in [0.4, 0.5) is 0 Å². The molecule has 1 aliphatic heterocycles. The van der Waals surface area contributed by atoms with E-state index in [-0.39, 0.29) is 17.2 Å². The molecule has 2 aromatic carbocycles. The molecule has 1 fully saturated rings. The van der Waals surface area contributed by atoms with Gasteiger partial charge in [-0.15, -0.1) is 0 Å². The molecule has 0 radical (unpaired) electrons. The van der Waals surface area contributed by atoms with Crippen LogP contribution in [0.1, 0.15) is 38.3 Å². The van der Waals surface area contributed by atoms with Gasteiger partial charge in [-0.25, -0.2) is 0 Å². The molecule has 0 amide bonds. The van der Waals surface area contributed by atoms with Crippen molar-refractivity contribution in [3.05, 3.63) is 82.2 Å². The first kappa shape index (κ1) is 26.4. The maximum atomic E-state index is 9.06. The van der Waals surface area contributed by atoms with E-state index in [0.29, 0.717) is 26.2 Å². The zero-order valence-electron chi connectivity index (χ0n) is 20.9. The van der Waals surface area contributed by atoms with Gasteiger partial charge in [0.25, 0.3) is 0 Å². The lowest BCUT2D eigenvalue weighted by molar-refractivity contribution is -0.213.